The maximum absolute atomic E-state index is 13.4. The third-order valence-corrected chi connectivity index (χ3v) is 7.25. The zero-order valence-electron chi connectivity index (χ0n) is 21.7. The molecule has 208 valence electrons. The van der Waals surface area contributed by atoms with Crippen LogP contribution in [0.5, 0.6) is 5.75 Å². The van der Waals surface area contributed by atoms with E-state index in [1.165, 1.54) is 65.6 Å². The zero-order valence-corrected chi connectivity index (χ0v) is 22.5. The molecule has 0 aliphatic heterocycles. The first kappa shape index (κ1) is 29.6. The molecule has 2 N–H and O–H groups in total. The first-order valence-corrected chi connectivity index (χ1v) is 13.9. The number of sulfonamides is 1. The Morgan fingerprint density at radius 3 is 2.10 bits per heavy atom. The van der Waals surface area contributed by atoms with Crippen molar-refractivity contribution in [2.45, 2.75) is 44.2 Å². The molecule has 8 nitrogen and oxygen atoms in total. The Labute approximate surface area is 227 Å². The summed E-state index contributed by atoms with van der Waals surface area (Å²) < 4.78 is 59.6. The van der Waals surface area contributed by atoms with Crippen LogP contribution in [-0.4, -0.2) is 44.3 Å². The fourth-order valence-electron chi connectivity index (χ4n) is 3.58. The summed E-state index contributed by atoms with van der Waals surface area (Å²) in [7, 11) is -3.93. The summed E-state index contributed by atoms with van der Waals surface area (Å²) in [5, 5.41) is 2.81. The fourth-order valence-corrected chi connectivity index (χ4v) is 4.64. The lowest BCUT2D eigenvalue weighted by molar-refractivity contribution is -0.142. The van der Waals surface area contributed by atoms with Gasteiger partial charge in [-0.2, -0.15) is 0 Å². The van der Waals surface area contributed by atoms with E-state index in [0.717, 1.165) is 25.0 Å². The van der Waals surface area contributed by atoms with E-state index in [1.807, 2.05) is 6.92 Å². The third-order valence-electron chi connectivity index (χ3n) is 5.86. The summed E-state index contributed by atoms with van der Waals surface area (Å²) >= 11 is 0. The number of unbranched alkanes of at least 4 members (excludes halogenated alkanes) is 1. The minimum absolute atomic E-state index is 0.0548. The average Bonchev–Trinajstić information content (AvgIpc) is 2.92. The molecule has 39 heavy (non-hydrogen) atoms. The number of nitrogens with zero attached hydrogens (tertiary/aromatic N) is 1. The lowest BCUT2D eigenvalue weighted by atomic mass is 10.1. The lowest BCUT2D eigenvalue weighted by Crippen LogP contribution is -2.49. The summed E-state index contributed by atoms with van der Waals surface area (Å²) in [6.07, 6.45) is 1.71. The van der Waals surface area contributed by atoms with Crippen molar-refractivity contribution in [3.8, 4) is 5.75 Å². The van der Waals surface area contributed by atoms with Crippen molar-refractivity contribution in [2.75, 3.05) is 17.9 Å². The van der Waals surface area contributed by atoms with E-state index in [4.69, 9.17) is 4.74 Å². The number of rotatable bonds is 13. The van der Waals surface area contributed by atoms with Crippen molar-refractivity contribution in [3.63, 3.8) is 0 Å². The molecule has 11 heteroatoms. The molecule has 2 amide bonds. The molecule has 0 aliphatic rings. The molecule has 0 heterocycles. The van der Waals surface area contributed by atoms with Gasteiger partial charge in [-0.1, -0.05) is 25.5 Å². The van der Waals surface area contributed by atoms with Crippen molar-refractivity contribution < 1.29 is 31.5 Å². The summed E-state index contributed by atoms with van der Waals surface area (Å²) in [4.78, 5) is 27.1. The number of anilines is 1. The molecule has 0 saturated carbocycles. The maximum atomic E-state index is 13.4. The van der Waals surface area contributed by atoms with Crippen LogP contribution in [0, 0.1) is 11.6 Å². The normalized spacial score (nSPS) is 11.9. The smallest absolute Gasteiger partial charge is 0.261 e. The minimum Gasteiger partial charge on any atom is -0.484 e. The maximum Gasteiger partial charge on any atom is 0.261 e. The van der Waals surface area contributed by atoms with Gasteiger partial charge in [-0.25, -0.2) is 17.2 Å². The van der Waals surface area contributed by atoms with Crippen molar-refractivity contribution in [1.82, 2.24) is 10.2 Å². The Kier molecular flexibility index (Phi) is 10.4. The van der Waals surface area contributed by atoms with E-state index in [9.17, 15) is 26.8 Å². The molecule has 1 atom stereocenters. The summed E-state index contributed by atoms with van der Waals surface area (Å²) in [6.45, 7) is 3.75. The van der Waals surface area contributed by atoms with E-state index in [0.29, 0.717) is 12.1 Å². The number of carbonyl (C=O) groups excluding carboxylic acids is 2. The predicted molar refractivity (Wildman–Crippen MR) is 143 cm³/mol. The SMILES string of the molecule is CCCCNC(=O)[C@H](C)N(Cc1ccc(F)cc1)C(=O)COc1ccc(S(=O)(=O)Nc2ccc(F)cc2)cc1. The number of hydrogen-bond acceptors (Lipinski definition) is 5. The third kappa shape index (κ3) is 8.78. The molecular formula is C28H31F2N3O5S. The fraction of sp³-hybridized carbons (Fsp3) is 0.286. The summed E-state index contributed by atoms with van der Waals surface area (Å²) in [5.41, 5.74) is 0.845. The molecule has 0 bridgehead atoms. The van der Waals surface area contributed by atoms with Crippen LogP contribution in [0.1, 0.15) is 32.3 Å². The number of hydrogen-bond donors (Lipinski definition) is 2. The van der Waals surface area contributed by atoms with Gasteiger partial charge in [0.1, 0.15) is 23.4 Å². The first-order chi connectivity index (χ1) is 18.6. The minimum atomic E-state index is -3.93. The molecule has 3 aromatic rings. The second kappa shape index (κ2) is 13.7. The molecule has 0 unspecified atom stereocenters. The second-order valence-corrected chi connectivity index (χ2v) is 10.5. The highest BCUT2D eigenvalue weighted by Gasteiger charge is 2.26. The summed E-state index contributed by atoms with van der Waals surface area (Å²) in [5.74, 6) is -1.46. The van der Waals surface area contributed by atoms with Crippen LogP contribution in [0.2, 0.25) is 0 Å². The summed E-state index contributed by atoms with van der Waals surface area (Å²) in [6, 6.07) is 15.1. The number of carbonyl (C=O) groups is 2. The van der Waals surface area contributed by atoms with Gasteiger partial charge in [-0.15, -0.1) is 0 Å². The number of benzene rings is 3. The Bertz CT molecular complexity index is 1350. The molecular weight excluding hydrogens is 528 g/mol. The Morgan fingerprint density at radius 2 is 1.51 bits per heavy atom. The molecule has 0 saturated heterocycles. The highest BCUT2D eigenvalue weighted by Crippen LogP contribution is 2.20. The van der Waals surface area contributed by atoms with Crippen LogP contribution < -0.4 is 14.8 Å². The molecule has 0 spiro atoms. The number of ether oxygens (including phenoxy) is 1. The average molecular weight is 560 g/mol. The van der Waals surface area contributed by atoms with E-state index >= 15 is 0 Å². The van der Waals surface area contributed by atoms with E-state index in [2.05, 4.69) is 10.0 Å². The van der Waals surface area contributed by atoms with Crippen LogP contribution in [0.3, 0.4) is 0 Å². The lowest BCUT2D eigenvalue weighted by Gasteiger charge is -2.28. The highest BCUT2D eigenvalue weighted by molar-refractivity contribution is 7.92. The number of nitrogens with one attached hydrogen (secondary N) is 2. The Balaban J connectivity index is 1.67. The number of halogens is 2. The quantitative estimate of drug-likeness (QED) is 0.301. The largest absolute Gasteiger partial charge is 0.484 e. The van der Waals surface area contributed by atoms with Crippen molar-refractivity contribution in [2.24, 2.45) is 0 Å². The van der Waals surface area contributed by atoms with Gasteiger partial charge in [0, 0.05) is 18.8 Å². The van der Waals surface area contributed by atoms with Gasteiger partial charge in [0.05, 0.1) is 4.90 Å². The topological polar surface area (TPSA) is 105 Å². The van der Waals surface area contributed by atoms with E-state index in [-0.39, 0.29) is 28.8 Å². The van der Waals surface area contributed by atoms with Crippen LogP contribution in [0.25, 0.3) is 0 Å². The molecule has 0 aliphatic carbocycles. The van der Waals surface area contributed by atoms with E-state index in [1.54, 1.807) is 6.92 Å². The van der Waals surface area contributed by atoms with Crippen molar-refractivity contribution in [1.29, 1.82) is 0 Å². The van der Waals surface area contributed by atoms with Gasteiger partial charge < -0.3 is 15.0 Å². The predicted octanol–water partition coefficient (Wildman–Crippen LogP) is 4.48. The van der Waals surface area contributed by atoms with E-state index < -0.39 is 40.2 Å². The van der Waals surface area contributed by atoms with Crippen LogP contribution in [0.15, 0.2) is 77.7 Å². The number of amides is 2. The molecule has 0 fully saturated rings. The highest BCUT2D eigenvalue weighted by atomic mass is 32.2. The molecule has 0 radical (unpaired) electrons. The first-order valence-electron chi connectivity index (χ1n) is 12.4. The zero-order chi connectivity index (χ0) is 28.4. The van der Waals surface area contributed by atoms with Gasteiger partial charge >= 0.3 is 0 Å². The van der Waals surface area contributed by atoms with Gasteiger partial charge in [0.15, 0.2) is 6.61 Å². The van der Waals surface area contributed by atoms with Gasteiger partial charge in [0.2, 0.25) is 5.91 Å². The van der Waals surface area contributed by atoms with Crippen LogP contribution in [-0.2, 0) is 26.2 Å². The molecule has 3 aromatic carbocycles. The van der Waals surface area contributed by atoms with Crippen molar-refractivity contribution in [3.05, 3.63) is 90.0 Å². The monoisotopic (exact) mass is 559 g/mol. The molecule has 3 rings (SSSR count). The Morgan fingerprint density at radius 1 is 0.923 bits per heavy atom. The molecule has 0 aromatic heterocycles. The van der Waals surface area contributed by atoms with Gasteiger partial charge in [-0.05, 0) is 79.6 Å². The standard InChI is InChI=1S/C28H31F2N3O5S/c1-3-4-17-31-28(35)20(2)33(18-21-5-7-22(29)8-6-21)27(34)19-38-25-13-15-26(16-14-25)39(36,37)32-24-11-9-23(30)10-12-24/h5-16,20,32H,3-4,17-19H2,1-2H3,(H,31,35)/t20-/m0/s1. The van der Waals surface area contributed by atoms with Crippen LogP contribution >= 0.6 is 0 Å². The van der Waals surface area contributed by atoms with Gasteiger partial charge in [-0.3, -0.25) is 14.3 Å². The Hall–Kier alpha value is -3.99. The van der Waals surface area contributed by atoms with Gasteiger partial charge in [0.25, 0.3) is 15.9 Å². The second-order valence-electron chi connectivity index (χ2n) is 8.84. The van der Waals surface area contributed by atoms with Crippen molar-refractivity contribution >= 4 is 27.5 Å². The van der Waals surface area contributed by atoms with Crippen LogP contribution in [0.4, 0.5) is 14.5 Å².